The zero-order valence-corrected chi connectivity index (χ0v) is 15.3. The van der Waals surface area contributed by atoms with Crippen LogP contribution in [0.5, 0.6) is 0 Å². The fourth-order valence-corrected chi connectivity index (χ4v) is 3.68. The predicted molar refractivity (Wildman–Crippen MR) is 104 cm³/mol. The van der Waals surface area contributed by atoms with Gasteiger partial charge in [0.2, 0.25) is 0 Å². The van der Waals surface area contributed by atoms with E-state index in [4.69, 9.17) is 22.0 Å². The van der Waals surface area contributed by atoms with Gasteiger partial charge in [0.15, 0.2) is 0 Å². The number of benzene rings is 2. The second-order valence-electron chi connectivity index (χ2n) is 6.37. The van der Waals surface area contributed by atoms with Crippen LogP contribution in [0.25, 0.3) is 22.0 Å². The number of fused-ring (bicyclic) bond motifs is 1. The van der Waals surface area contributed by atoms with E-state index in [1.807, 2.05) is 42.1 Å². The molecule has 0 atom stereocenters. The Bertz CT molecular complexity index is 1160. The lowest BCUT2D eigenvalue weighted by Gasteiger charge is -2.06. The Morgan fingerprint density at radius 2 is 2.00 bits per heavy atom. The van der Waals surface area contributed by atoms with Gasteiger partial charge in [-0.05, 0) is 43.2 Å². The van der Waals surface area contributed by atoms with Crippen molar-refractivity contribution in [3.05, 3.63) is 76.2 Å². The van der Waals surface area contributed by atoms with Crippen LogP contribution in [0.4, 0.5) is 0 Å². The molecule has 128 valence electrons. The van der Waals surface area contributed by atoms with Gasteiger partial charge in [-0.15, -0.1) is 0 Å². The molecule has 0 aliphatic carbocycles. The maximum atomic E-state index is 9.07. The molecule has 0 bridgehead atoms. The lowest BCUT2D eigenvalue weighted by atomic mass is 10.0. The number of hydrogen-bond acceptors (Lipinski definition) is 2. The largest absolute Gasteiger partial charge is 0.361 e. The minimum absolute atomic E-state index is 0.466. The topological polar surface area (TPSA) is 57.4 Å². The third kappa shape index (κ3) is 2.67. The molecule has 2 aromatic heterocycles. The number of aromatic nitrogens is 3. The van der Waals surface area contributed by atoms with Gasteiger partial charge in [-0.1, -0.05) is 35.9 Å². The van der Waals surface area contributed by atoms with E-state index < -0.39 is 0 Å². The van der Waals surface area contributed by atoms with Gasteiger partial charge in [-0.25, -0.2) is 0 Å². The number of H-pyrrole nitrogens is 1. The Morgan fingerprint density at radius 3 is 2.77 bits per heavy atom. The number of rotatable bonds is 3. The number of nitrogens with one attached hydrogen (secondary N) is 1. The normalized spacial score (nSPS) is 11.0. The fourth-order valence-electron chi connectivity index (χ4n) is 3.45. The van der Waals surface area contributed by atoms with E-state index in [9.17, 15) is 0 Å². The Hall–Kier alpha value is -3.03. The SMILES string of the molecule is Cc1nn(Cc2c[nH]c3ccccc23)c(C)c1-c1ccc(C#N)c(Cl)c1. The number of hydrogen-bond donors (Lipinski definition) is 1. The molecule has 1 N–H and O–H groups in total. The molecule has 0 saturated carbocycles. The summed E-state index contributed by atoms with van der Waals surface area (Å²) in [6, 6.07) is 15.9. The highest BCUT2D eigenvalue weighted by molar-refractivity contribution is 6.32. The minimum Gasteiger partial charge on any atom is -0.361 e. The van der Waals surface area contributed by atoms with Gasteiger partial charge < -0.3 is 4.98 Å². The van der Waals surface area contributed by atoms with E-state index in [-0.39, 0.29) is 0 Å². The Labute approximate surface area is 156 Å². The highest BCUT2D eigenvalue weighted by Crippen LogP contribution is 2.31. The van der Waals surface area contributed by atoms with Crippen LogP contribution in [0.2, 0.25) is 5.02 Å². The quantitative estimate of drug-likeness (QED) is 0.544. The zero-order valence-electron chi connectivity index (χ0n) is 14.5. The highest BCUT2D eigenvalue weighted by atomic mass is 35.5. The van der Waals surface area contributed by atoms with Crippen molar-refractivity contribution in [2.24, 2.45) is 0 Å². The zero-order chi connectivity index (χ0) is 18.3. The first-order chi connectivity index (χ1) is 12.6. The monoisotopic (exact) mass is 360 g/mol. The van der Waals surface area contributed by atoms with Crippen LogP contribution in [0.3, 0.4) is 0 Å². The predicted octanol–water partition coefficient (Wildman–Crippen LogP) is 5.22. The summed E-state index contributed by atoms with van der Waals surface area (Å²) in [7, 11) is 0. The summed E-state index contributed by atoms with van der Waals surface area (Å²) < 4.78 is 2.02. The van der Waals surface area contributed by atoms with Crippen molar-refractivity contribution in [3.8, 4) is 17.2 Å². The van der Waals surface area contributed by atoms with Gasteiger partial charge in [-0.2, -0.15) is 10.4 Å². The molecule has 26 heavy (non-hydrogen) atoms. The van der Waals surface area contributed by atoms with E-state index >= 15 is 0 Å². The maximum Gasteiger partial charge on any atom is 0.101 e. The van der Waals surface area contributed by atoms with Crippen molar-refractivity contribution >= 4 is 22.5 Å². The van der Waals surface area contributed by atoms with Crippen LogP contribution >= 0.6 is 11.6 Å². The number of nitrogens with zero attached hydrogens (tertiary/aromatic N) is 3. The number of halogens is 1. The first-order valence-electron chi connectivity index (χ1n) is 8.37. The Kier molecular flexibility index (Phi) is 4.02. The molecule has 0 spiro atoms. The second-order valence-corrected chi connectivity index (χ2v) is 6.78. The van der Waals surface area contributed by atoms with Crippen molar-refractivity contribution in [3.63, 3.8) is 0 Å². The van der Waals surface area contributed by atoms with Crippen molar-refractivity contribution < 1.29 is 0 Å². The van der Waals surface area contributed by atoms with E-state index in [2.05, 4.69) is 30.1 Å². The van der Waals surface area contributed by atoms with Gasteiger partial charge in [-0.3, -0.25) is 4.68 Å². The first kappa shape index (κ1) is 16.4. The summed E-state index contributed by atoms with van der Waals surface area (Å²) in [6.07, 6.45) is 2.04. The molecule has 0 amide bonds. The molecule has 5 heteroatoms. The third-order valence-electron chi connectivity index (χ3n) is 4.75. The minimum atomic E-state index is 0.466. The standard InChI is InChI=1S/C21H17ClN4/c1-13-21(15-7-8-16(10-23)19(22)9-15)14(2)26(25-13)12-17-11-24-20-6-4-3-5-18(17)20/h3-9,11,24H,12H2,1-2H3. The number of aromatic amines is 1. The third-order valence-corrected chi connectivity index (χ3v) is 5.07. The van der Waals surface area contributed by atoms with Gasteiger partial charge in [0.25, 0.3) is 0 Å². The van der Waals surface area contributed by atoms with Gasteiger partial charge in [0.1, 0.15) is 6.07 Å². The lowest BCUT2D eigenvalue weighted by molar-refractivity contribution is 0.662. The summed E-state index contributed by atoms with van der Waals surface area (Å²) >= 11 is 6.22. The van der Waals surface area contributed by atoms with E-state index in [0.717, 1.165) is 28.0 Å². The van der Waals surface area contributed by atoms with Gasteiger partial charge in [0.05, 0.1) is 22.8 Å². The van der Waals surface area contributed by atoms with Crippen LogP contribution in [-0.2, 0) is 6.54 Å². The summed E-state index contributed by atoms with van der Waals surface area (Å²) in [5.74, 6) is 0. The first-order valence-corrected chi connectivity index (χ1v) is 8.75. The smallest absolute Gasteiger partial charge is 0.101 e. The van der Waals surface area contributed by atoms with Crippen molar-refractivity contribution in [2.45, 2.75) is 20.4 Å². The van der Waals surface area contributed by atoms with Crippen LogP contribution in [-0.4, -0.2) is 14.8 Å². The van der Waals surface area contributed by atoms with Crippen molar-refractivity contribution in [2.75, 3.05) is 0 Å². The van der Waals surface area contributed by atoms with E-state index in [1.165, 1.54) is 10.9 Å². The number of para-hydroxylation sites is 1. The molecule has 0 radical (unpaired) electrons. The van der Waals surface area contributed by atoms with Crippen molar-refractivity contribution in [1.29, 1.82) is 5.26 Å². The molecule has 0 aliphatic rings. The summed E-state index contributed by atoms with van der Waals surface area (Å²) in [5.41, 5.74) is 6.89. The Balaban J connectivity index is 1.75. The van der Waals surface area contributed by atoms with Crippen LogP contribution in [0.15, 0.2) is 48.7 Å². The maximum absolute atomic E-state index is 9.07. The van der Waals surface area contributed by atoms with E-state index in [0.29, 0.717) is 17.1 Å². The highest BCUT2D eigenvalue weighted by Gasteiger charge is 2.16. The molecule has 4 rings (SSSR count). The summed E-state index contributed by atoms with van der Waals surface area (Å²) in [6.45, 7) is 4.76. The molecule has 4 aromatic rings. The van der Waals surface area contributed by atoms with Crippen molar-refractivity contribution in [1.82, 2.24) is 14.8 Å². The average molecular weight is 361 g/mol. The molecular weight excluding hydrogens is 344 g/mol. The van der Waals surface area contributed by atoms with Gasteiger partial charge >= 0.3 is 0 Å². The Morgan fingerprint density at radius 1 is 1.19 bits per heavy atom. The number of nitriles is 1. The second kappa shape index (κ2) is 6.36. The fraction of sp³-hybridized carbons (Fsp3) is 0.143. The summed E-state index contributed by atoms with van der Waals surface area (Å²) in [4.78, 5) is 3.31. The molecule has 0 aliphatic heterocycles. The number of aryl methyl sites for hydroxylation is 1. The molecule has 4 nitrogen and oxygen atoms in total. The average Bonchev–Trinajstić information content (AvgIpc) is 3.16. The van der Waals surface area contributed by atoms with Crippen LogP contribution in [0, 0.1) is 25.2 Å². The molecule has 2 aromatic carbocycles. The molecule has 0 saturated heterocycles. The lowest BCUT2D eigenvalue weighted by Crippen LogP contribution is -2.03. The molecule has 2 heterocycles. The van der Waals surface area contributed by atoms with Gasteiger partial charge in [0, 0.05) is 28.4 Å². The molecule has 0 fully saturated rings. The molecular formula is C21H17ClN4. The van der Waals surface area contributed by atoms with E-state index in [1.54, 1.807) is 6.07 Å². The van der Waals surface area contributed by atoms with Crippen LogP contribution in [0.1, 0.15) is 22.5 Å². The summed E-state index contributed by atoms with van der Waals surface area (Å²) in [5, 5.41) is 15.5. The van der Waals surface area contributed by atoms with Crippen LogP contribution < -0.4 is 0 Å². The molecule has 0 unspecified atom stereocenters.